The van der Waals surface area contributed by atoms with Crippen LogP contribution in [0.1, 0.15) is 27.2 Å². The number of aliphatic hydroxyl groups is 3. The Hall–Kier alpha value is -5.46. The Kier molecular flexibility index (Phi) is 20.6. The van der Waals surface area contributed by atoms with Crippen LogP contribution in [0.4, 0.5) is 0 Å². The van der Waals surface area contributed by atoms with Crippen molar-refractivity contribution in [2.24, 2.45) is 17.4 Å². The zero-order chi connectivity index (χ0) is 39.4. The van der Waals surface area contributed by atoms with E-state index in [1.807, 2.05) is 10.6 Å². The van der Waals surface area contributed by atoms with Crippen molar-refractivity contribution >= 4 is 59.1 Å². The quantitative estimate of drug-likeness (QED) is 0.0463. The molecule has 0 aliphatic heterocycles. The van der Waals surface area contributed by atoms with E-state index in [-0.39, 0.29) is 5.92 Å². The highest BCUT2D eigenvalue weighted by molar-refractivity contribution is 5.97. The first-order valence-corrected chi connectivity index (χ1v) is 15.2. The predicted molar refractivity (Wildman–Crippen MR) is 170 cm³/mol. The van der Waals surface area contributed by atoms with Crippen molar-refractivity contribution in [1.82, 2.24) is 42.5 Å². The molecule has 16 N–H and O–H groups in total. The van der Waals surface area contributed by atoms with Gasteiger partial charge in [0.05, 0.1) is 51.9 Å². The first-order valence-electron chi connectivity index (χ1n) is 15.2. The van der Waals surface area contributed by atoms with Crippen molar-refractivity contribution in [3.63, 3.8) is 0 Å². The van der Waals surface area contributed by atoms with E-state index in [1.54, 1.807) is 13.8 Å². The summed E-state index contributed by atoms with van der Waals surface area (Å²) in [5.41, 5.74) is 10.8. The smallest absolute Gasteiger partial charge is 0.328 e. The number of carbonyl (C=O) groups is 10. The lowest BCUT2D eigenvalue weighted by Crippen LogP contribution is -2.57. The third kappa shape index (κ3) is 17.7. The zero-order valence-electron chi connectivity index (χ0n) is 28.0. The summed E-state index contributed by atoms with van der Waals surface area (Å²) in [5, 5.41) is 53.5. The van der Waals surface area contributed by atoms with E-state index in [2.05, 4.69) is 31.9 Å². The van der Waals surface area contributed by atoms with Crippen LogP contribution in [0.15, 0.2) is 0 Å². The molecule has 0 radical (unpaired) electrons. The molecule has 0 aromatic rings. The third-order valence-corrected chi connectivity index (χ3v) is 6.57. The standard InChI is InChI=1S/C27H46N10O14/c1-11(2)21(29)26(49)36-15(9-39)24(47)33-12(3)22(45)31-7-20(44)34-13(4-17(28)41)23(46)32-5-18(42)30-6-19(43)35-14(8-38)25(48)37-16(10-40)27(50)51/h11-16,21,38-40H,4-10,29H2,1-3H3,(H2,28,41)(H,30,42)(H,31,45)(H,32,46)(H,33,47)(H,34,44)(H,35,43)(H,36,49)(H,37,48)(H,50,51)/t12-,13-,14-,15-,16-,21-/m0/s1. The lowest BCUT2D eigenvalue weighted by molar-refractivity contribution is -0.143. The van der Waals surface area contributed by atoms with Crippen LogP contribution >= 0.6 is 0 Å². The third-order valence-electron chi connectivity index (χ3n) is 6.57. The maximum atomic E-state index is 12.6. The molecule has 0 spiro atoms. The van der Waals surface area contributed by atoms with Crippen LogP contribution < -0.4 is 54.0 Å². The monoisotopic (exact) mass is 734 g/mol. The van der Waals surface area contributed by atoms with E-state index in [9.17, 15) is 58.2 Å². The Balaban J connectivity index is 4.94. The van der Waals surface area contributed by atoms with Crippen molar-refractivity contribution in [3.05, 3.63) is 0 Å². The van der Waals surface area contributed by atoms with Gasteiger partial charge in [-0.15, -0.1) is 0 Å². The van der Waals surface area contributed by atoms with E-state index >= 15 is 0 Å². The summed E-state index contributed by atoms with van der Waals surface area (Å²) in [6, 6.07) is -8.64. The summed E-state index contributed by atoms with van der Waals surface area (Å²) in [4.78, 5) is 121. The normalized spacial score (nSPS) is 14.2. The highest BCUT2D eigenvalue weighted by Gasteiger charge is 2.29. The molecule has 0 aromatic carbocycles. The number of primary amides is 1. The van der Waals surface area contributed by atoms with Gasteiger partial charge < -0.3 is 74.4 Å². The second-order valence-electron chi connectivity index (χ2n) is 11.1. The molecule has 288 valence electrons. The van der Waals surface area contributed by atoms with Crippen molar-refractivity contribution in [2.75, 3.05) is 39.5 Å². The minimum Gasteiger partial charge on any atom is -0.480 e. The van der Waals surface area contributed by atoms with E-state index in [1.165, 1.54) is 6.92 Å². The second-order valence-corrected chi connectivity index (χ2v) is 11.1. The first kappa shape index (κ1) is 45.5. The highest BCUT2D eigenvalue weighted by atomic mass is 16.4. The van der Waals surface area contributed by atoms with Gasteiger partial charge in [-0.2, -0.15) is 0 Å². The number of amides is 9. The van der Waals surface area contributed by atoms with Crippen LogP contribution in [0.2, 0.25) is 0 Å². The number of aliphatic hydroxyl groups excluding tert-OH is 3. The maximum Gasteiger partial charge on any atom is 0.328 e. The fourth-order valence-electron chi connectivity index (χ4n) is 3.55. The van der Waals surface area contributed by atoms with Gasteiger partial charge in [0.1, 0.15) is 30.2 Å². The number of carboxylic acid groups (broad SMARTS) is 1. The molecule has 0 saturated heterocycles. The van der Waals surface area contributed by atoms with E-state index in [4.69, 9.17) is 21.7 Å². The van der Waals surface area contributed by atoms with Crippen molar-refractivity contribution in [3.8, 4) is 0 Å². The maximum absolute atomic E-state index is 12.6. The molecule has 51 heavy (non-hydrogen) atoms. The Labute approximate surface area is 290 Å². The fourth-order valence-corrected chi connectivity index (χ4v) is 3.55. The average Bonchev–Trinajstić information content (AvgIpc) is 3.06. The molecule has 0 aromatic heterocycles. The number of carbonyl (C=O) groups excluding carboxylic acids is 9. The molecule has 0 rings (SSSR count). The number of nitrogens with one attached hydrogen (secondary N) is 8. The fraction of sp³-hybridized carbons (Fsp3) is 0.630. The van der Waals surface area contributed by atoms with Crippen molar-refractivity contribution in [2.45, 2.75) is 63.4 Å². The second kappa shape index (κ2) is 23.0. The largest absolute Gasteiger partial charge is 0.480 e. The molecule has 24 heteroatoms. The van der Waals surface area contributed by atoms with Crippen LogP contribution in [-0.2, 0) is 47.9 Å². The molecule has 0 aliphatic carbocycles. The summed E-state index contributed by atoms with van der Waals surface area (Å²) in [5.74, 6) is -10.6. The number of carboxylic acids is 1. The van der Waals surface area contributed by atoms with E-state index < -0.39 is 141 Å². The molecule has 0 heterocycles. The van der Waals surface area contributed by atoms with E-state index in [0.717, 1.165) is 0 Å². The van der Waals surface area contributed by atoms with Crippen LogP contribution in [0.25, 0.3) is 0 Å². The lowest BCUT2D eigenvalue weighted by Gasteiger charge is -2.22. The minimum absolute atomic E-state index is 0.268. The summed E-state index contributed by atoms with van der Waals surface area (Å²) in [6.45, 7) is -0.498. The van der Waals surface area contributed by atoms with E-state index in [0.29, 0.717) is 0 Å². The number of rotatable bonds is 23. The molecular formula is C27H46N10O14. The molecule has 9 amide bonds. The first-order chi connectivity index (χ1) is 23.8. The van der Waals surface area contributed by atoms with Crippen LogP contribution in [0, 0.1) is 5.92 Å². The molecule has 0 aliphatic rings. The van der Waals surface area contributed by atoms with Gasteiger partial charge in [-0.1, -0.05) is 13.8 Å². The number of aliphatic carboxylic acids is 1. The minimum atomic E-state index is -1.71. The van der Waals surface area contributed by atoms with Gasteiger partial charge in [0.15, 0.2) is 0 Å². The molecule has 6 atom stereocenters. The molecule has 0 bridgehead atoms. The zero-order valence-corrected chi connectivity index (χ0v) is 28.0. The van der Waals surface area contributed by atoms with Crippen molar-refractivity contribution in [1.29, 1.82) is 0 Å². The van der Waals surface area contributed by atoms with Gasteiger partial charge >= 0.3 is 5.97 Å². The molecular weight excluding hydrogens is 688 g/mol. The topological polar surface area (TPSA) is 400 Å². The number of hydrogen-bond donors (Lipinski definition) is 14. The predicted octanol–water partition coefficient (Wildman–Crippen LogP) is -9.30. The number of hydrogen-bond acceptors (Lipinski definition) is 14. The Bertz CT molecular complexity index is 1300. The Morgan fingerprint density at radius 2 is 0.961 bits per heavy atom. The number of nitrogens with two attached hydrogens (primary N) is 2. The summed E-state index contributed by atoms with van der Waals surface area (Å²) >= 11 is 0. The van der Waals surface area contributed by atoms with Crippen LogP contribution in [-0.4, -0.2) is 155 Å². The van der Waals surface area contributed by atoms with Crippen molar-refractivity contribution < 1.29 is 68.4 Å². The molecule has 0 unspecified atom stereocenters. The lowest BCUT2D eigenvalue weighted by atomic mass is 10.0. The van der Waals surface area contributed by atoms with Gasteiger partial charge in [-0.25, -0.2) is 4.79 Å². The summed E-state index contributed by atoms with van der Waals surface area (Å²) < 4.78 is 0. The van der Waals surface area contributed by atoms with Gasteiger partial charge in [-0.05, 0) is 12.8 Å². The SMILES string of the molecule is CC(C)[C@H](N)C(=O)N[C@@H](CO)C(=O)N[C@@H](C)C(=O)NCC(=O)N[C@@H](CC(N)=O)C(=O)NCC(=O)NCC(=O)N[C@@H](CO)C(=O)N[C@@H](CO)C(=O)O. The molecule has 0 fully saturated rings. The van der Waals surface area contributed by atoms with Gasteiger partial charge in [0.2, 0.25) is 53.2 Å². The summed E-state index contributed by atoms with van der Waals surface area (Å²) in [7, 11) is 0. The Morgan fingerprint density at radius 1 is 0.529 bits per heavy atom. The summed E-state index contributed by atoms with van der Waals surface area (Å²) in [6.07, 6.45) is -0.736. The van der Waals surface area contributed by atoms with Gasteiger partial charge in [0.25, 0.3) is 0 Å². The highest BCUT2D eigenvalue weighted by Crippen LogP contribution is 1.99. The van der Waals surface area contributed by atoms with Gasteiger partial charge in [0, 0.05) is 0 Å². The van der Waals surface area contributed by atoms with Crippen LogP contribution in [0.5, 0.6) is 0 Å². The Morgan fingerprint density at radius 3 is 1.45 bits per heavy atom. The molecule has 0 saturated carbocycles. The van der Waals surface area contributed by atoms with Crippen LogP contribution in [0.3, 0.4) is 0 Å². The van der Waals surface area contributed by atoms with Gasteiger partial charge in [-0.3, -0.25) is 43.2 Å². The molecule has 24 nitrogen and oxygen atoms in total. The average molecular weight is 735 g/mol.